The third kappa shape index (κ3) is 7.06. The zero-order valence-corrected chi connectivity index (χ0v) is 22.6. The van der Waals surface area contributed by atoms with Crippen LogP contribution in [-0.4, -0.2) is 45.5 Å². The van der Waals surface area contributed by atoms with Gasteiger partial charge in [-0.2, -0.15) is 0 Å². The molecule has 0 heterocycles. The molecular weight excluding hydrogens is 486 g/mol. The van der Waals surface area contributed by atoms with Gasteiger partial charge in [-0.25, -0.2) is 0 Å². The minimum absolute atomic E-state index is 0.135. The van der Waals surface area contributed by atoms with Crippen molar-refractivity contribution in [2.24, 2.45) is 0 Å². The fraction of sp³-hybridized carbons (Fsp3) is 0.483. The number of nitrogens with one attached hydrogen (secondary N) is 2. The van der Waals surface area contributed by atoms with Gasteiger partial charge in [0.1, 0.15) is 17.5 Å². The number of rotatable bonds is 9. The number of fused-ring (bicyclic) bond motifs is 1. The number of carbonyl (C=O) groups excluding carboxylic acids is 3. The van der Waals surface area contributed by atoms with Crippen LogP contribution >= 0.6 is 0 Å². The molecule has 2 N–H and O–H groups in total. The van der Waals surface area contributed by atoms with Crippen molar-refractivity contribution in [3.8, 4) is 0 Å². The summed E-state index contributed by atoms with van der Waals surface area (Å²) in [6, 6.07) is 12.6. The van der Waals surface area contributed by atoms with E-state index >= 15 is 0 Å². The maximum Gasteiger partial charge on any atom is 0.243 e. The molecule has 2 aliphatic carbocycles. The van der Waals surface area contributed by atoms with Crippen molar-refractivity contribution in [2.75, 3.05) is 21.7 Å². The van der Waals surface area contributed by atoms with Gasteiger partial charge in [-0.3, -0.25) is 23.5 Å². The highest BCUT2D eigenvalue weighted by molar-refractivity contribution is 7.86. The van der Waals surface area contributed by atoms with Crippen molar-refractivity contribution < 1.29 is 18.6 Å². The van der Waals surface area contributed by atoms with Crippen molar-refractivity contribution in [2.45, 2.75) is 77.3 Å². The van der Waals surface area contributed by atoms with E-state index in [-0.39, 0.29) is 23.5 Å². The molecule has 2 aromatic rings. The zero-order valence-electron chi connectivity index (χ0n) is 21.8. The van der Waals surface area contributed by atoms with Gasteiger partial charge in [-0.05, 0) is 81.7 Å². The summed E-state index contributed by atoms with van der Waals surface area (Å²) in [5, 5.41) is 5.84. The van der Waals surface area contributed by atoms with E-state index in [0.717, 1.165) is 68.2 Å². The number of benzene rings is 2. The predicted octanol–water partition coefficient (Wildman–Crippen LogP) is 4.04. The van der Waals surface area contributed by atoms with E-state index in [1.165, 1.54) is 10.5 Å². The van der Waals surface area contributed by atoms with Crippen LogP contribution in [0.1, 0.15) is 62.1 Å². The molecule has 0 radical (unpaired) electrons. The second-order valence-electron chi connectivity index (χ2n) is 10.2. The lowest BCUT2D eigenvalue weighted by Crippen LogP contribution is -2.52. The van der Waals surface area contributed by atoms with Gasteiger partial charge in [0.25, 0.3) is 0 Å². The molecule has 37 heavy (non-hydrogen) atoms. The largest absolute Gasteiger partial charge is 0.352 e. The number of hydrogen-bond acceptors (Lipinski definition) is 4. The Hall–Kier alpha value is -3.00. The minimum Gasteiger partial charge on any atom is -0.352 e. The van der Waals surface area contributed by atoms with Crippen molar-refractivity contribution in [1.29, 1.82) is 0 Å². The molecule has 7 nitrogen and oxygen atoms in total. The lowest BCUT2D eigenvalue weighted by molar-refractivity contribution is -0.125. The Morgan fingerprint density at radius 3 is 2.41 bits per heavy atom. The number of amides is 3. The van der Waals surface area contributed by atoms with Crippen LogP contribution < -0.4 is 15.5 Å². The highest BCUT2D eigenvalue weighted by Crippen LogP contribution is 2.32. The fourth-order valence-electron chi connectivity index (χ4n) is 5.29. The zero-order chi connectivity index (χ0) is 26.4. The molecule has 0 spiro atoms. The Morgan fingerprint density at radius 1 is 0.973 bits per heavy atom. The van der Waals surface area contributed by atoms with Gasteiger partial charge in [0, 0.05) is 28.2 Å². The summed E-state index contributed by atoms with van der Waals surface area (Å²) >= 11 is 0. The third-order valence-electron chi connectivity index (χ3n) is 7.28. The van der Waals surface area contributed by atoms with Crippen molar-refractivity contribution in [3.05, 3.63) is 59.2 Å². The molecule has 4 rings (SSSR count). The average Bonchev–Trinajstić information content (AvgIpc) is 3.38. The third-order valence-corrected chi connectivity index (χ3v) is 8.43. The Morgan fingerprint density at radius 2 is 1.68 bits per heavy atom. The lowest BCUT2D eigenvalue weighted by Gasteiger charge is -2.33. The van der Waals surface area contributed by atoms with Gasteiger partial charge >= 0.3 is 0 Å². The second-order valence-corrected chi connectivity index (χ2v) is 11.7. The first kappa shape index (κ1) is 27.0. The number of carbonyl (C=O) groups is 3. The molecule has 0 saturated heterocycles. The summed E-state index contributed by atoms with van der Waals surface area (Å²) in [5.41, 5.74) is 4.70. The molecule has 2 atom stereocenters. The van der Waals surface area contributed by atoms with Gasteiger partial charge in [0.05, 0.1) is 0 Å². The van der Waals surface area contributed by atoms with Gasteiger partial charge < -0.3 is 10.6 Å². The number of aryl methyl sites for hydroxylation is 2. The van der Waals surface area contributed by atoms with Crippen molar-refractivity contribution in [3.63, 3.8) is 0 Å². The Balaban J connectivity index is 1.49. The Kier molecular flexibility index (Phi) is 9.14. The standard InChI is InChI=1S/C29H37N3O4S/c1-20-14-16-24(17-15-20)30-27(33)18-37(36)19-28(34)32(21(2)29(35)31-23-10-4-5-11-23)26-13-7-9-22-8-3-6-12-25(22)26/h7,9,13-17,21,23H,3-6,8,10-12,18-19H2,1-2H3,(H,30,33)(H,31,35)/t21-,37-/m0/s1. The van der Waals surface area contributed by atoms with E-state index in [0.29, 0.717) is 5.69 Å². The maximum atomic E-state index is 13.6. The molecule has 2 aromatic carbocycles. The van der Waals surface area contributed by atoms with Crippen LogP contribution in [0.25, 0.3) is 0 Å². The van der Waals surface area contributed by atoms with Crippen molar-refractivity contribution in [1.82, 2.24) is 5.32 Å². The second kappa shape index (κ2) is 12.5. The lowest BCUT2D eigenvalue weighted by atomic mass is 9.89. The average molecular weight is 524 g/mol. The monoisotopic (exact) mass is 523 g/mol. The van der Waals surface area contributed by atoms with Gasteiger partial charge in [0.15, 0.2) is 0 Å². The smallest absolute Gasteiger partial charge is 0.243 e. The van der Waals surface area contributed by atoms with E-state index in [4.69, 9.17) is 0 Å². The molecular formula is C29H37N3O4S. The Bertz CT molecular complexity index is 1160. The van der Waals surface area contributed by atoms with Crippen molar-refractivity contribution >= 4 is 39.9 Å². The van der Waals surface area contributed by atoms with Crippen LogP contribution in [0.2, 0.25) is 0 Å². The molecule has 3 amide bonds. The van der Waals surface area contributed by atoms with E-state index < -0.39 is 28.7 Å². The molecule has 198 valence electrons. The first-order valence-corrected chi connectivity index (χ1v) is 14.8. The van der Waals surface area contributed by atoms with E-state index in [1.807, 2.05) is 31.2 Å². The van der Waals surface area contributed by atoms with E-state index in [1.54, 1.807) is 19.1 Å². The molecule has 8 heteroatoms. The first-order chi connectivity index (χ1) is 17.8. The summed E-state index contributed by atoms with van der Waals surface area (Å²) in [6.45, 7) is 3.69. The van der Waals surface area contributed by atoms with Crippen LogP contribution in [-0.2, 0) is 38.0 Å². The summed E-state index contributed by atoms with van der Waals surface area (Å²) in [6.07, 6.45) is 8.01. The van der Waals surface area contributed by atoms with E-state index in [9.17, 15) is 18.6 Å². The molecule has 1 fully saturated rings. The predicted molar refractivity (Wildman–Crippen MR) is 148 cm³/mol. The van der Waals surface area contributed by atoms with Crippen LogP contribution in [0.3, 0.4) is 0 Å². The summed E-state index contributed by atoms with van der Waals surface area (Å²) in [5.74, 6) is -1.63. The normalized spacial score (nSPS) is 16.9. The molecule has 0 aliphatic heterocycles. The van der Waals surface area contributed by atoms with Crippen LogP contribution in [0.4, 0.5) is 11.4 Å². The van der Waals surface area contributed by atoms with Crippen LogP contribution in [0, 0.1) is 6.92 Å². The highest BCUT2D eigenvalue weighted by Gasteiger charge is 2.32. The molecule has 1 saturated carbocycles. The SMILES string of the molecule is Cc1ccc(NC(=O)C[S@](=O)CC(=O)N(c2cccc3c2CCCC3)[C@@H](C)C(=O)NC2CCCC2)cc1. The maximum absolute atomic E-state index is 13.6. The highest BCUT2D eigenvalue weighted by atomic mass is 32.2. The molecule has 0 bridgehead atoms. The number of anilines is 2. The summed E-state index contributed by atoms with van der Waals surface area (Å²) < 4.78 is 12.9. The first-order valence-electron chi connectivity index (χ1n) is 13.3. The summed E-state index contributed by atoms with van der Waals surface area (Å²) in [4.78, 5) is 40.8. The van der Waals surface area contributed by atoms with Crippen LogP contribution in [0.15, 0.2) is 42.5 Å². The topological polar surface area (TPSA) is 95.6 Å². The number of hydrogen-bond donors (Lipinski definition) is 2. The quantitative estimate of drug-likeness (QED) is 0.519. The molecule has 0 aromatic heterocycles. The van der Waals surface area contributed by atoms with E-state index in [2.05, 4.69) is 16.7 Å². The minimum atomic E-state index is -1.72. The fourth-order valence-corrected chi connectivity index (χ4v) is 6.17. The van der Waals surface area contributed by atoms with Gasteiger partial charge in [-0.15, -0.1) is 0 Å². The van der Waals surface area contributed by atoms with Gasteiger partial charge in [-0.1, -0.05) is 42.7 Å². The summed E-state index contributed by atoms with van der Waals surface area (Å²) in [7, 11) is -1.72. The molecule has 0 unspecified atom stereocenters. The number of nitrogens with zero attached hydrogens (tertiary/aromatic N) is 1. The Labute approximate surface area is 221 Å². The molecule has 2 aliphatic rings. The van der Waals surface area contributed by atoms with Crippen LogP contribution in [0.5, 0.6) is 0 Å². The van der Waals surface area contributed by atoms with Gasteiger partial charge in [0.2, 0.25) is 17.7 Å².